The molecule has 0 saturated carbocycles. The zero-order valence-electron chi connectivity index (χ0n) is 27.4. The van der Waals surface area contributed by atoms with Gasteiger partial charge in [-0.1, -0.05) is 12.1 Å². The maximum absolute atomic E-state index is 14.0. The van der Waals surface area contributed by atoms with E-state index in [4.69, 9.17) is 14.5 Å². The Labute approximate surface area is 273 Å². The first-order chi connectivity index (χ1) is 22.5. The number of amides is 1. The molecule has 47 heavy (non-hydrogen) atoms. The van der Waals surface area contributed by atoms with Gasteiger partial charge in [0.25, 0.3) is 0 Å². The van der Waals surface area contributed by atoms with Crippen LogP contribution >= 0.6 is 0 Å². The third-order valence-electron chi connectivity index (χ3n) is 10.0. The highest BCUT2D eigenvalue weighted by Gasteiger charge is 2.42. The minimum atomic E-state index is -4.55. The van der Waals surface area contributed by atoms with Gasteiger partial charge in [0.2, 0.25) is 5.91 Å². The van der Waals surface area contributed by atoms with Gasteiger partial charge in [-0.25, -0.2) is 9.78 Å². The SMILES string of the molecule is COC(=O)c1c(C[N+]2(C3CCNCC3)CCCCC2)c(-c2cccc(C(F)(F)F)c2)nc2cc(OC(C)C)c(N3CCCC3=O)cc12. The zero-order valence-corrected chi connectivity index (χ0v) is 27.4. The monoisotopic (exact) mass is 653 g/mol. The van der Waals surface area contributed by atoms with Crippen LogP contribution in [0.3, 0.4) is 0 Å². The number of piperidine rings is 2. The highest BCUT2D eigenvalue weighted by atomic mass is 19.4. The number of carbonyl (C=O) groups is 2. The molecule has 1 N–H and O–H groups in total. The van der Waals surface area contributed by atoms with E-state index in [1.807, 2.05) is 13.8 Å². The number of hydrogen-bond acceptors (Lipinski definition) is 6. The molecule has 0 bridgehead atoms. The molecule has 1 aromatic heterocycles. The van der Waals surface area contributed by atoms with Crippen molar-refractivity contribution in [1.82, 2.24) is 10.3 Å². The molecule has 3 aliphatic heterocycles. The predicted molar refractivity (Wildman–Crippen MR) is 174 cm³/mol. The molecule has 3 aromatic rings. The maximum Gasteiger partial charge on any atom is 0.416 e. The van der Waals surface area contributed by atoms with Gasteiger partial charge in [0.15, 0.2) is 0 Å². The van der Waals surface area contributed by atoms with Gasteiger partial charge in [0, 0.05) is 61.5 Å². The highest BCUT2D eigenvalue weighted by molar-refractivity contribution is 6.09. The minimum absolute atomic E-state index is 0.0323. The number of rotatable bonds is 8. The number of halogens is 3. The summed E-state index contributed by atoms with van der Waals surface area (Å²) in [4.78, 5) is 33.7. The molecule has 3 saturated heterocycles. The van der Waals surface area contributed by atoms with Crippen LogP contribution in [-0.2, 0) is 22.3 Å². The second-order valence-corrected chi connectivity index (χ2v) is 13.4. The molecule has 3 fully saturated rings. The molecule has 11 heteroatoms. The molecule has 0 radical (unpaired) electrons. The highest BCUT2D eigenvalue weighted by Crippen LogP contribution is 2.43. The topological polar surface area (TPSA) is 80.8 Å². The number of esters is 1. The first-order valence-electron chi connectivity index (χ1n) is 16.8. The number of benzene rings is 2. The number of nitrogens with zero attached hydrogens (tertiary/aromatic N) is 3. The van der Waals surface area contributed by atoms with Crippen molar-refractivity contribution in [2.45, 2.75) is 83.7 Å². The summed E-state index contributed by atoms with van der Waals surface area (Å²) in [6, 6.07) is 9.02. The lowest BCUT2D eigenvalue weighted by atomic mass is 9.90. The number of likely N-dealkylation sites (tertiary alicyclic amines) is 1. The molecular weight excluding hydrogens is 609 g/mol. The third kappa shape index (κ3) is 6.69. The van der Waals surface area contributed by atoms with E-state index >= 15 is 0 Å². The van der Waals surface area contributed by atoms with Gasteiger partial charge in [0.05, 0.1) is 60.4 Å². The molecule has 2 aromatic carbocycles. The lowest BCUT2D eigenvalue weighted by Gasteiger charge is -2.49. The summed E-state index contributed by atoms with van der Waals surface area (Å²) in [5.74, 6) is -0.185. The number of ether oxygens (including phenoxy) is 2. The summed E-state index contributed by atoms with van der Waals surface area (Å²) in [5, 5.41) is 3.96. The Morgan fingerprint density at radius 1 is 1.09 bits per heavy atom. The number of hydrogen-bond donors (Lipinski definition) is 1. The van der Waals surface area contributed by atoms with Gasteiger partial charge in [-0.2, -0.15) is 13.2 Å². The fourth-order valence-electron chi connectivity index (χ4n) is 7.82. The van der Waals surface area contributed by atoms with Crippen molar-refractivity contribution in [3.8, 4) is 17.0 Å². The van der Waals surface area contributed by atoms with E-state index in [1.54, 1.807) is 23.1 Å². The van der Waals surface area contributed by atoms with Crippen LogP contribution in [-0.4, -0.2) is 73.3 Å². The lowest BCUT2D eigenvalue weighted by Crippen LogP contribution is -2.60. The number of fused-ring (bicyclic) bond motifs is 1. The van der Waals surface area contributed by atoms with Crippen LogP contribution in [0.15, 0.2) is 36.4 Å². The smallest absolute Gasteiger partial charge is 0.416 e. The quantitative estimate of drug-likeness (QED) is 0.211. The van der Waals surface area contributed by atoms with E-state index in [0.717, 1.165) is 74.9 Å². The molecule has 0 atom stereocenters. The van der Waals surface area contributed by atoms with E-state index in [1.165, 1.54) is 13.2 Å². The number of anilines is 1. The first kappa shape index (κ1) is 33.2. The summed E-state index contributed by atoms with van der Waals surface area (Å²) in [6.07, 6.45) is 1.49. The molecule has 6 rings (SSSR count). The van der Waals surface area contributed by atoms with Crippen molar-refractivity contribution in [2.75, 3.05) is 44.7 Å². The molecule has 4 heterocycles. The summed E-state index contributed by atoms with van der Waals surface area (Å²) in [7, 11) is 1.32. The van der Waals surface area contributed by atoms with Crippen molar-refractivity contribution in [1.29, 1.82) is 0 Å². The minimum Gasteiger partial charge on any atom is -0.489 e. The van der Waals surface area contributed by atoms with Crippen LogP contribution < -0.4 is 15.0 Å². The van der Waals surface area contributed by atoms with E-state index < -0.39 is 17.7 Å². The average Bonchev–Trinajstić information content (AvgIpc) is 3.49. The first-order valence-corrected chi connectivity index (χ1v) is 16.8. The fourth-order valence-corrected chi connectivity index (χ4v) is 7.82. The Kier molecular flexibility index (Phi) is 9.49. The number of aromatic nitrogens is 1. The molecular formula is C36H44F3N4O4+. The van der Waals surface area contributed by atoms with Crippen LogP contribution in [0.5, 0.6) is 5.75 Å². The van der Waals surface area contributed by atoms with Crippen molar-refractivity contribution in [3.63, 3.8) is 0 Å². The maximum atomic E-state index is 14.0. The van der Waals surface area contributed by atoms with Crippen molar-refractivity contribution in [3.05, 3.63) is 53.1 Å². The van der Waals surface area contributed by atoms with E-state index in [9.17, 15) is 22.8 Å². The van der Waals surface area contributed by atoms with Crippen LogP contribution in [0.2, 0.25) is 0 Å². The Bertz CT molecular complexity index is 1650. The van der Waals surface area contributed by atoms with Crippen molar-refractivity contribution >= 4 is 28.5 Å². The van der Waals surface area contributed by atoms with Gasteiger partial charge in [0.1, 0.15) is 12.3 Å². The van der Waals surface area contributed by atoms with Crippen LogP contribution in [0, 0.1) is 0 Å². The number of methoxy groups -OCH3 is 1. The fraction of sp³-hybridized carbons (Fsp3) is 0.528. The number of pyridine rings is 1. The summed E-state index contributed by atoms with van der Waals surface area (Å²) in [5.41, 5.74) is 1.65. The Hall–Kier alpha value is -3.70. The number of carbonyl (C=O) groups excluding carboxylic acids is 2. The summed E-state index contributed by atoms with van der Waals surface area (Å²) in [6.45, 7) is 8.35. The van der Waals surface area contributed by atoms with Gasteiger partial charge in [-0.05, 0) is 57.7 Å². The second kappa shape index (κ2) is 13.4. The van der Waals surface area contributed by atoms with Crippen LogP contribution in [0.4, 0.5) is 18.9 Å². The predicted octanol–water partition coefficient (Wildman–Crippen LogP) is 6.87. The van der Waals surface area contributed by atoms with Crippen LogP contribution in [0.1, 0.15) is 80.3 Å². The Morgan fingerprint density at radius 2 is 1.83 bits per heavy atom. The van der Waals surface area contributed by atoms with E-state index in [2.05, 4.69) is 5.32 Å². The Balaban J connectivity index is 1.66. The lowest BCUT2D eigenvalue weighted by molar-refractivity contribution is -0.968. The molecule has 252 valence electrons. The molecule has 8 nitrogen and oxygen atoms in total. The molecule has 0 spiro atoms. The van der Waals surface area contributed by atoms with E-state index in [0.29, 0.717) is 65.6 Å². The molecule has 1 amide bonds. The standard InChI is InChI=1S/C36H44F3N4O4/c1-23(2)47-31-21-29-27(20-30(31)42-16-8-11-32(42)44)33(35(45)46-3)28(34(41-29)24-9-7-10-25(19-24)36(37,38)39)22-43(17-5-4-6-18-43)26-12-14-40-15-13-26/h7,9-10,19-21,23,26,40H,4-6,8,11-18,22H2,1-3H3/q+1. The number of quaternary nitrogens is 1. The normalized spacial score (nSPS) is 19.0. The van der Waals surface area contributed by atoms with Gasteiger partial charge >= 0.3 is 12.1 Å². The van der Waals surface area contributed by atoms with Crippen LogP contribution in [0.25, 0.3) is 22.2 Å². The molecule has 0 unspecified atom stereocenters. The summed E-state index contributed by atoms with van der Waals surface area (Å²) >= 11 is 0. The van der Waals surface area contributed by atoms with Gasteiger partial charge in [-0.3, -0.25) is 4.79 Å². The second-order valence-electron chi connectivity index (χ2n) is 13.4. The summed E-state index contributed by atoms with van der Waals surface area (Å²) < 4.78 is 54.4. The number of nitrogens with one attached hydrogen (secondary N) is 1. The van der Waals surface area contributed by atoms with Gasteiger partial charge in [-0.15, -0.1) is 0 Å². The molecule has 0 aliphatic carbocycles. The van der Waals surface area contributed by atoms with Crippen molar-refractivity contribution in [2.24, 2.45) is 0 Å². The zero-order chi connectivity index (χ0) is 33.3. The molecule has 3 aliphatic rings. The van der Waals surface area contributed by atoms with E-state index in [-0.39, 0.29) is 23.1 Å². The third-order valence-corrected chi connectivity index (χ3v) is 10.0. The largest absolute Gasteiger partial charge is 0.489 e. The van der Waals surface area contributed by atoms with Gasteiger partial charge < -0.3 is 24.2 Å². The Morgan fingerprint density at radius 3 is 2.47 bits per heavy atom. The van der Waals surface area contributed by atoms with Crippen molar-refractivity contribution < 1.29 is 36.7 Å². The number of alkyl halides is 3. The average molecular weight is 654 g/mol.